The summed E-state index contributed by atoms with van der Waals surface area (Å²) in [6.07, 6.45) is -0.112. The van der Waals surface area contributed by atoms with Crippen molar-refractivity contribution in [2.45, 2.75) is 83.0 Å². The molecule has 1 fully saturated rings. The molecule has 31 heavy (non-hydrogen) atoms. The first-order valence-electron chi connectivity index (χ1n) is 10.4. The van der Waals surface area contributed by atoms with E-state index in [1.54, 1.807) is 5.32 Å². The van der Waals surface area contributed by atoms with E-state index in [0.29, 0.717) is 6.42 Å². The Labute approximate surface area is 176 Å². The van der Waals surface area contributed by atoms with E-state index in [-0.39, 0.29) is 12.3 Å². The molecular formula is C20H27F3N4O4. The lowest BCUT2D eigenvalue weighted by atomic mass is 9.85. The van der Waals surface area contributed by atoms with E-state index in [4.69, 9.17) is 0 Å². The van der Waals surface area contributed by atoms with Gasteiger partial charge >= 0.3 is 11.9 Å². The minimum Gasteiger partial charge on any atom is -0.330 e. The standard InChI is InChI=1S/C20H27F3N4O4/c1-18(2,3)27-14-13(15(29)25-17(27)31)19(16(30)24-14,20(21,22)23)26-12(28)10-9-11-7-5-4-6-8-11/h11H,4-10H2,1-3H3,(H,24,30)(H,26,28)(H,25,29,31)/t19-/m0/s1. The molecule has 0 saturated heterocycles. The van der Waals surface area contributed by atoms with Gasteiger partial charge in [0.05, 0.1) is 0 Å². The Kier molecular flexibility index (Phi) is 5.83. The van der Waals surface area contributed by atoms with Crippen molar-refractivity contribution in [3.05, 3.63) is 26.4 Å². The lowest BCUT2D eigenvalue weighted by Gasteiger charge is -2.31. The van der Waals surface area contributed by atoms with Gasteiger partial charge in [-0.2, -0.15) is 13.2 Å². The molecule has 1 atom stereocenters. The third kappa shape index (κ3) is 4.01. The predicted molar refractivity (Wildman–Crippen MR) is 107 cm³/mol. The number of rotatable bonds is 4. The summed E-state index contributed by atoms with van der Waals surface area (Å²) < 4.78 is 43.8. The number of halogens is 3. The van der Waals surface area contributed by atoms with Gasteiger partial charge in [0.2, 0.25) is 11.4 Å². The number of H-pyrrole nitrogens is 1. The molecular weight excluding hydrogens is 417 g/mol. The SMILES string of the molecule is CC(C)(C)n1c2c(c(=O)[nH]c1=O)[C@@](NC(=O)CCC1CCCCC1)(C(F)(F)F)C(=O)N2. The van der Waals surface area contributed by atoms with Crippen molar-refractivity contribution in [2.75, 3.05) is 5.32 Å². The number of fused-ring (bicyclic) bond motifs is 1. The van der Waals surface area contributed by atoms with E-state index in [2.05, 4.69) is 0 Å². The van der Waals surface area contributed by atoms with Crippen LogP contribution in [-0.4, -0.2) is 27.5 Å². The number of anilines is 1. The van der Waals surface area contributed by atoms with E-state index in [9.17, 15) is 32.3 Å². The van der Waals surface area contributed by atoms with Crippen molar-refractivity contribution in [1.29, 1.82) is 0 Å². The number of hydrogen-bond acceptors (Lipinski definition) is 4. The van der Waals surface area contributed by atoms with Gasteiger partial charge in [0.15, 0.2) is 0 Å². The molecule has 172 valence electrons. The summed E-state index contributed by atoms with van der Waals surface area (Å²) in [6, 6.07) is 0. The highest BCUT2D eigenvalue weighted by Gasteiger charge is 2.68. The second-order valence-corrected chi connectivity index (χ2v) is 9.28. The van der Waals surface area contributed by atoms with Gasteiger partial charge in [-0.15, -0.1) is 0 Å². The van der Waals surface area contributed by atoms with E-state index >= 15 is 0 Å². The fourth-order valence-electron chi connectivity index (χ4n) is 4.50. The highest BCUT2D eigenvalue weighted by atomic mass is 19.4. The maximum absolute atomic E-state index is 14.3. The van der Waals surface area contributed by atoms with Crippen LogP contribution in [0.4, 0.5) is 19.0 Å². The van der Waals surface area contributed by atoms with Crippen LogP contribution >= 0.6 is 0 Å². The summed E-state index contributed by atoms with van der Waals surface area (Å²) >= 11 is 0. The van der Waals surface area contributed by atoms with Crippen LogP contribution in [0.15, 0.2) is 9.59 Å². The quantitative estimate of drug-likeness (QED) is 0.662. The van der Waals surface area contributed by atoms with Crippen molar-refractivity contribution < 1.29 is 22.8 Å². The summed E-state index contributed by atoms with van der Waals surface area (Å²) in [5.74, 6) is -2.90. The summed E-state index contributed by atoms with van der Waals surface area (Å²) in [5, 5.41) is 3.84. The van der Waals surface area contributed by atoms with Gasteiger partial charge in [0.1, 0.15) is 11.4 Å². The maximum Gasteiger partial charge on any atom is 0.425 e. The van der Waals surface area contributed by atoms with E-state index in [0.717, 1.165) is 36.7 Å². The highest BCUT2D eigenvalue weighted by Crippen LogP contribution is 2.45. The number of alkyl halides is 3. The predicted octanol–water partition coefficient (Wildman–Crippen LogP) is 2.48. The molecule has 0 radical (unpaired) electrons. The number of nitrogens with zero attached hydrogens (tertiary/aromatic N) is 1. The molecule has 1 aliphatic heterocycles. The molecule has 0 bridgehead atoms. The highest BCUT2D eigenvalue weighted by molar-refractivity contribution is 6.07. The molecule has 0 unspecified atom stereocenters. The number of carbonyl (C=O) groups is 2. The summed E-state index contributed by atoms with van der Waals surface area (Å²) in [5.41, 5.74) is -7.97. The molecule has 1 aromatic heterocycles. The molecule has 1 aromatic rings. The van der Waals surface area contributed by atoms with Gasteiger partial charge in [-0.05, 0) is 33.1 Å². The van der Waals surface area contributed by atoms with Crippen LogP contribution in [0.25, 0.3) is 0 Å². The molecule has 8 nitrogen and oxygen atoms in total. The molecule has 0 aromatic carbocycles. The fourth-order valence-corrected chi connectivity index (χ4v) is 4.50. The zero-order valence-corrected chi connectivity index (χ0v) is 17.7. The summed E-state index contributed by atoms with van der Waals surface area (Å²) in [6.45, 7) is 4.61. The smallest absolute Gasteiger partial charge is 0.330 e. The van der Waals surface area contributed by atoms with Crippen LogP contribution in [0.1, 0.15) is 71.3 Å². The van der Waals surface area contributed by atoms with Crippen molar-refractivity contribution in [2.24, 2.45) is 5.92 Å². The van der Waals surface area contributed by atoms with Gasteiger partial charge in [0, 0.05) is 12.0 Å². The van der Waals surface area contributed by atoms with Gasteiger partial charge in [0.25, 0.3) is 11.5 Å². The van der Waals surface area contributed by atoms with Crippen molar-refractivity contribution in [3.63, 3.8) is 0 Å². The zero-order valence-electron chi connectivity index (χ0n) is 17.7. The first-order chi connectivity index (χ1) is 14.3. The van der Waals surface area contributed by atoms with Gasteiger partial charge in [-0.1, -0.05) is 32.1 Å². The molecule has 2 amide bonds. The molecule has 1 aliphatic carbocycles. The first kappa shape index (κ1) is 23.1. The second kappa shape index (κ2) is 7.83. The van der Waals surface area contributed by atoms with Gasteiger partial charge < -0.3 is 10.6 Å². The van der Waals surface area contributed by atoms with Crippen LogP contribution in [0.5, 0.6) is 0 Å². The molecule has 11 heteroatoms. The monoisotopic (exact) mass is 444 g/mol. The third-order valence-electron chi connectivity index (χ3n) is 5.99. The molecule has 3 rings (SSSR count). The average Bonchev–Trinajstić information content (AvgIpc) is 2.92. The minimum atomic E-state index is -5.31. The number of hydrogen-bond donors (Lipinski definition) is 3. The molecule has 2 heterocycles. The topological polar surface area (TPSA) is 113 Å². The Morgan fingerprint density at radius 3 is 2.29 bits per heavy atom. The van der Waals surface area contributed by atoms with E-state index in [1.807, 2.05) is 10.3 Å². The number of carbonyl (C=O) groups excluding carboxylic acids is 2. The van der Waals surface area contributed by atoms with Gasteiger partial charge in [-0.25, -0.2) is 4.79 Å². The average molecular weight is 444 g/mol. The molecule has 3 N–H and O–H groups in total. The fraction of sp³-hybridized carbons (Fsp3) is 0.700. The number of aromatic nitrogens is 2. The van der Waals surface area contributed by atoms with Gasteiger partial charge in [-0.3, -0.25) is 23.9 Å². The summed E-state index contributed by atoms with van der Waals surface area (Å²) in [4.78, 5) is 51.9. The van der Waals surface area contributed by atoms with Crippen LogP contribution < -0.4 is 21.9 Å². The van der Waals surface area contributed by atoms with E-state index < -0.39 is 51.7 Å². The minimum absolute atomic E-state index is 0.193. The number of aromatic amines is 1. The van der Waals surface area contributed by atoms with Crippen molar-refractivity contribution in [1.82, 2.24) is 14.9 Å². The van der Waals surface area contributed by atoms with Crippen molar-refractivity contribution >= 4 is 17.6 Å². The van der Waals surface area contributed by atoms with E-state index in [1.165, 1.54) is 20.8 Å². The molecule has 1 saturated carbocycles. The first-order valence-corrected chi connectivity index (χ1v) is 10.4. The van der Waals surface area contributed by atoms with Crippen LogP contribution in [0, 0.1) is 5.92 Å². The zero-order chi connectivity index (χ0) is 23.2. The Morgan fingerprint density at radius 2 is 1.74 bits per heavy atom. The molecule has 2 aliphatic rings. The third-order valence-corrected chi connectivity index (χ3v) is 5.99. The van der Waals surface area contributed by atoms with Crippen LogP contribution in [0.2, 0.25) is 0 Å². The largest absolute Gasteiger partial charge is 0.425 e. The van der Waals surface area contributed by atoms with Crippen molar-refractivity contribution in [3.8, 4) is 0 Å². The Bertz CT molecular complexity index is 1000. The number of nitrogens with one attached hydrogen (secondary N) is 3. The van der Waals surface area contributed by atoms with Crippen LogP contribution in [-0.2, 0) is 20.7 Å². The number of amides is 2. The molecule has 0 spiro atoms. The Morgan fingerprint density at radius 1 is 1.13 bits per heavy atom. The lowest BCUT2D eigenvalue weighted by Crippen LogP contribution is -2.62. The second-order valence-electron chi connectivity index (χ2n) is 9.28. The Hall–Kier alpha value is -2.59. The van der Waals surface area contributed by atoms with Crippen LogP contribution in [0.3, 0.4) is 0 Å². The maximum atomic E-state index is 14.3. The lowest BCUT2D eigenvalue weighted by molar-refractivity contribution is -0.200. The normalized spacial score (nSPS) is 22.2. The summed E-state index contributed by atoms with van der Waals surface area (Å²) in [7, 11) is 0. The Balaban J connectivity index is 2.04.